The molecular formula is C15H21NO. The molecule has 0 aliphatic heterocycles. The number of hydrogen-bond acceptors (Lipinski definition) is 2. The van der Waals surface area contributed by atoms with E-state index in [-0.39, 0.29) is 5.92 Å². The molecule has 0 heterocycles. The van der Waals surface area contributed by atoms with E-state index in [0.29, 0.717) is 5.78 Å². The van der Waals surface area contributed by atoms with Crippen LogP contribution in [-0.4, -0.2) is 24.3 Å². The number of rotatable bonds is 4. The Kier molecular flexibility index (Phi) is 4.32. The number of benzene rings is 1. The summed E-state index contributed by atoms with van der Waals surface area (Å²) in [5.41, 5.74) is 1.32. The van der Waals surface area contributed by atoms with Crippen molar-refractivity contribution in [1.29, 1.82) is 0 Å². The van der Waals surface area contributed by atoms with Crippen LogP contribution in [0.5, 0.6) is 0 Å². The van der Waals surface area contributed by atoms with Crippen LogP contribution in [-0.2, 0) is 11.3 Å². The van der Waals surface area contributed by atoms with Gasteiger partial charge in [-0.2, -0.15) is 0 Å². The summed E-state index contributed by atoms with van der Waals surface area (Å²) in [5.74, 6) is 0.744. The van der Waals surface area contributed by atoms with Crippen molar-refractivity contribution in [1.82, 2.24) is 4.90 Å². The van der Waals surface area contributed by atoms with Gasteiger partial charge in [0.1, 0.15) is 5.78 Å². The molecular weight excluding hydrogens is 210 g/mol. The minimum atomic E-state index is 0.275. The lowest BCUT2D eigenvalue weighted by Crippen LogP contribution is -2.32. The molecule has 92 valence electrons. The number of carbonyl (C=O) groups excluding carboxylic acids is 1. The van der Waals surface area contributed by atoms with E-state index >= 15 is 0 Å². The lowest BCUT2D eigenvalue weighted by atomic mass is 9.87. The fourth-order valence-electron chi connectivity index (χ4n) is 2.58. The van der Waals surface area contributed by atoms with Crippen LogP contribution in [0.4, 0.5) is 0 Å². The Morgan fingerprint density at radius 2 is 2.00 bits per heavy atom. The number of ketones is 1. The van der Waals surface area contributed by atoms with Gasteiger partial charge in [-0.15, -0.1) is 0 Å². The first kappa shape index (κ1) is 12.3. The monoisotopic (exact) mass is 231 g/mol. The Balaban J connectivity index is 1.84. The molecule has 1 atom stereocenters. The molecule has 1 aliphatic rings. The minimum absolute atomic E-state index is 0.275. The molecule has 0 saturated heterocycles. The molecule has 2 rings (SSSR count). The Hall–Kier alpha value is -1.15. The molecule has 0 radical (unpaired) electrons. The minimum Gasteiger partial charge on any atom is -0.301 e. The van der Waals surface area contributed by atoms with Crippen LogP contribution in [0.3, 0.4) is 0 Å². The van der Waals surface area contributed by atoms with E-state index in [0.717, 1.165) is 32.4 Å². The largest absolute Gasteiger partial charge is 0.301 e. The van der Waals surface area contributed by atoms with E-state index in [1.54, 1.807) is 0 Å². The van der Waals surface area contributed by atoms with Gasteiger partial charge in [0.2, 0.25) is 0 Å². The third kappa shape index (κ3) is 3.67. The zero-order valence-electron chi connectivity index (χ0n) is 10.6. The summed E-state index contributed by atoms with van der Waals surface area (Å²) in [7, 11) is 2.11. The Morgan fingerprint density at radius 3 is 2.71 bits per heavy atom. The first-order valence-corrected chi connectivity index (χ1v) is 6.51. The second-order valence-electron chi connectivity index (χ2n) is 5.09. The van der Waals surface area contributed by atoms with Gasteiger partial charge in [0.25, 0.3) is 0 Å². The number of hydrogen-bond donors (Lipinski definition) is 0. The molecule has 2 heteroatoms. The molecule has 1 aliphatic carbocycles. The van der Waals surface area contributed by atoms with Gasteiger partial charge in [0, 0.05) is 25.4 Å². The van der Waals surface area contributed by atoms with Crippen molar-refractivity contribution in [3.63, 3.8) is 0 Å². The van der Waals surface area contributed by atoms with Crippen LogP contribution in [0.2, 0.25) is 0 Å². The Morgan fingerprint density at radius 1 is 1.24 bits per heavy atom. The molecule has 17 heavy (non-hydrogen) atoms. The summed E-state index contributed by atoms with van der Waals surface area (Å²) in [4.78, 5) is 14.0. The van der Waals surface area contributed by atoms with Crippen molar-refractivity contribution < 1.29 is 4.79 Å². The maximum absolute atomic E-state index is 11.8. The summed E-state index contributed by atoms with van der Waals surface area (Å²) in [6, 6.07) is 10.4. The summed E-state index contributed by atoms with van der Waals surface area (Å²) >= 11 is 0. The van der Waals surface area contributed by atoms with Crippen molar-refractivity contribution >= 4 is 5.78 Å². The zero-order chi connectivity index (χ0) is 12.1. The Labute approximate surface area is 104 Å². The molecule has 1 saturated carbocycles. The predicted octanol–water partition coefficient (Wildman–Crippen LogP) is 2.88. The fraction of sp³-hybridized carbons (Fsp3) is 0.533. The Bertz CT molecular complexity index is 360. The van der Waals surface area contributed by atoms with Gasteiger partial charge in [0.15, 0.2) is 0 Å². The zero-order valence-corrected chi connectivity index (χ0v) is 10.6. The second kappa shape index (κ2) is 5.97. The SMILES string of the molecule is CN(Cc1ccccc1)C[C@H]1CCCCC1=O. The number of carbonyl (C=O) groups is 1. The van der Waals surface area contributed by atoms with E-state index in [1.807, 2.05) is 6.07 Å². The van der Waals surface area contributed by atoms with Crippen molar-refractivity contribution in [2.24, 2.45) is 5.92 Å². The van der Waals surface area contributed by atoms with Crippen LogP contribution < -0.4 is 0 Å². The molecule has 0 bridgehead atoms. The molecule has 0 amide bonds. The highest BCUT2D eigenvalue weighted by molar-refractivity contribution is 5.81. The predicted molar refractivity (Wildman–Crippen MR) is 69.7 cm³/mol. The highest BCUT2D eigenvalue weighted by atomic mass is 16.1. The standard InChI is InChI=1S/C15H21NO/c1-16(11-13-7-3-2-4-8-13)12-14-9-5-6-10-15(14)17/h2-4,7-8,14H,5-6,9-12H2,1H3/t14-/m1/s1. The third-order valence-electron chi connectivity index (χ3n) is 3.51. The first-order chi connectivity index (χ1) is 8.25. The van der Waals surface area contributed by atoms with Gasteiger partial charge in [-0.1, -0.05) is 36.8 Å². The van der Waals surface area contributed by atoms with E-state index in [9.17, 15) is 4.79 Å². The summed E-state index contributed by atoms with van der Waals surface area (Å²) in [6.07, 6.45) is 4.19. The summed E-state index contributed by atoms with van der Waals surface area (Å²) in [5, 5.41) is 0. The van der Waals surface area contributed by atoms with Crippen LogP contribution in [0, 0.1) is 5.92 Å². The topological polar surface area (TPSA) is 20.3 Å². The van der Waals surface area contributed by atoms with E-state index in [2.05, 4.69) is 36.2 Å². The van der Waals surface area contributed by atoms with Crippen LogP contribution >= 0.6 is 0 Å². The summed E-state index contributed by atoms with van der Waals surface area (Å²) in [6.45, 7) is 1.85. The molecule has 1 aromatic carbocycles. The third-order valence-corrected chi connectivity index (χ3v) is 3.51. The lowest BCUT2D eigenvalue weighted by Gasteiger charge is -2.26. The van der Waals surface area contributed by atoms with E-state index in [1.165, 1.54) is 12.0 Å². The van der Waals surface area contributed by atoms with Gasteiger partial charge in [-0.25, -0.2) is 0 Å². The van der Waals surface area contributed by atoms with Crippen LogP contribution in [0.25, 0.3) is 0 Å². The van der Waals surface area contributed by atoms with E-state index in [4.69, 9.17) is 0 Å². The first-order valence-electron chi connectivity index (χ1n) is 6.51. The second-order valence-corrected chi connectivity index (χ2v) is 5.09. The van der Waals surface area contributed by atoms with E-state index < -0.39 is 0 Å². The molecule has 0 spiro atoms. The molecule has 0 N–H and O–H groups in total. The quantitative estimate of drug-likeness (QED) is 0.794. The molecule has 0 aromatic heterocycles. The van der Waals surface area contributed by atoms with Gasteiger partial charge in [0.05, 0.1) is 0 Å². The van der Waals surface area contributed by atoms with Crippen molar-refractivity contribution in [2.45, 2.75) is 32.2 Å². The number of Topliss-reactive ketones (excluding diaryl/α,β-unsaturated/α-hetero) is 1. The van der Waals surface area contributed by atoms with Crippen molar-refractivity contribution in [3.8, 4) is 0 Å². The molecule has 1 fully saturated rings. The smallest absolute Gasteiger partial charge is 0.137 e. The average Bonchev–Trinajstić information content (AvgIpc) is 2.33. The maximum Gasteiger partial charge on any atom is 0.137 e. The van der Waals surface area contributed by atoms with Crippen molar-refractivity contribution in [2.75, 3.05) is 13.6 Å². The molecule has 2 nitrogen and oxygen atoms in total. The van der Waals surface area contributed by atoms with Gasteiger partial charge < -0.3 is 4.90 Å². The molecule has 1 aromatic rings. The van der Waals surface area contributed by atoms with Gasteiger partial charge in [-0.3, -0.25) is 4.79 Å². The maximum atomic E-state index is 11.8. The fourth-order valence-corrected chi connectivity index (χ4v) is 2.58. The lowest BCUT2D eigenvalue weighted by molar-refractivity contribution is -0.125. The molecule has 0 unspecified atom stereocenters. The highest BCUT2D eigenvalue weighted by Gasteiger charge is 2.23. The summed E-state index contributed by atoms with van der Waals surface area (Å²) < 4.78 is 0. The normalized spacial score (nSPS) is 20.8. The van der Waals surface area contributed by atoms with Crippen LogP contribution in [0.15, 0.2) is 30.3 Å². The van der Waals surface area contributed by atoms with Gasteiger partial charge >= 0.3 is 0 Å². The van der Waals surface area contributed by atoms with Crippen LogP contribution in [0.1, 0.15) is 31.2 Å². The van der Waals surface area contributed by atoms with Crippen molar-refractivity contribution in [3.05, 3.63) is 35.9 Å². The average molecular weight is 231 g/mol. The number of nitrogens with zero attached hydrogens (tertiary/aromatic N) is 1. The van der Waals surface area contributed by atoms with Gasteiger partial charge in [-0.05, 0) is 25.5 Å². The highest BCUT2D eigenvalue weighted by Crippen LogP contribution is 2.21.